The van der Waals surface area contributed by atoms with E-state index in [-0.39, 0.29) is 0 Å². The van der Waals surface area contributed by atoms with Crippen LogP contribution in [0.1, 0.15) is 25.3 Å². The Labute approximate surface area is 90.9 Å². The van der Waals surface area contributed by atoms with Gasteiger partial charge >= 0.3 is 0 Å². The predicted octanol–water partition coefficient (Wildman–Crippen LogP) is 2.66. The lowest BCUT2D eigenvalue weighted by Gasteiger charge is -2.15. The van der Waals surface area contributed by atoms with Crippen molar-refractivity contribution in [2.45, 2.75) is 19.8 Å². The van der Waals surface area contributed by atoms with E-state index in [1.165, 1.54) is 5.56 Å². The van der Waals surface area contributed by atoms with Crippen LogP contribution >= 0.6 is 0 Å². The molecule has 3 nitrogen and oxygen atoms in total. The lowest BCUT2D eigenvalue weighted by molar-refractivity contribution is 0.415. The summed E-state index contributed by atoms with van der Waals surface area (Å²) in [7, 11) is 1.64. The first-order valence-corrected chi connectivity index (χ1v) is 4.94. The highest BCUT2D eigenvalue weighted by Crippen LogP contribution is 2.28. The van der Waals surface area contributed by atoms with Crippen molar-refractivity contribution in [2.24, 2.45) is 5.73 Å². The molecule has 0 heterocycles. The fourth-order valence-corrected chi connectivity index (χ4v) is 1.45. The van der Waals surface area contributed by atoms with Crippen molar-refractivity contribution < 1.29 is 4.74 Å². The van der Waals surface area contributed by atoms with Gasteiger partial charge in [0.1, 0.15) is 5.75 Å². The summed E-state index contributed by atoms with van der Waals surface area (Å²) in [5.41, 5.74) is 7.69. The van der Waals surface area contributed by atoms with Crippen LogP contribution in [0.4, 0.5) is 5.69 Å². The first kappa shape index (κ1) is 11.4. The van der Waals surface area contributed by atoms with Crippen LogP contribution in [0, 0.1) is 0 Å². The maximum Gasteiger partial charge on any atom is 0.120 e. The highest BCUT2D eigenvalue weighted by atomic mass is 16.5. The molecule has 0 spiro atoms. The van der Waals surface area contributed by atoms with Gasteiger partial charge in [-0.1, -0.05) is 26.5 Å². The van der Waals surface area contributed by atoms with Crippen molar-refractivity contribution in [2.75, 3.05) is 12.4 Å². The van der Waals surface area contributed by atoms with E-state index in [4.69, 9.17) is 10.5 Å². The van der Waals surface area contributed by atoms with Crippen molar-refractivity contribution in [3.63, 3.8) is 0 Å². The average molecular weight is 206 g/mol. The topological polar surface area (TPSA) is 47.3 Å². The highest BCUT2D eigenvalue weighted by Gasteiger charge is 2.07. The molecule has 0 atom stereocenters. The van der Waals surface area contributed by atoms with Crippen molar-refractivity contribution >= 4 is 5.69 Å². The molecule has 1 aromatic rings. The number of rotatable bonds is 4. The fraction of sp³-hybridized carbons (Fsp3) is 0.333. The zero-order chi connectivity index (χ0) is 11.4. The van der Waals surface area contributed by atoms with Gasteiger partial charge in [0, 0.05) is 11.8 Å². The molecule has 0 radical (unpaired) electrons. The predicted molar refractivity (Wildman–Crippen MR) is 64.0 cm³/mol. The van der Waals surface area contributed by atoms with E-state index in [1.54, 1.807) is 7.11 Å². The molecular weight excluding hydrogens is 188 g/mol. The van der Waals surface area contributed by atoms with Crippen molar-refractivity contribution in [1.29, 1.82) is 0 Å². The molecule has 0 aliphatic carbocycles. The number of hydrogen-bond acceptors (Lipinski definition) is 3. The van der Waals surface area contributed by atoms with Gasteiger partial charge in [0.2, 0.25) is 0 Å². The molecule has 3 heteroatoms. The average Bonchev–Trinajstić information content (AvgIpc) is 2.16. The molecule has 0 aliphatic heterocycles. The summed E-state index contributed by atoms with van der Waals surface area (Å²) in [5, 5.41) is 3.03. The summed E-state index contributed by atoms with van der Waals surface area (Å²) >= 11 is 0. The number of nitrogens with one attached hydrogen (secondary N) is 1. The van der Waals surface area contributed by atoms with Gasteiger partial charge in [-0.2, -0.15) is 0 Å². The number of nitrogens with two attached hydrogens (primary N) is 1. The summed E-state index contributed by atoms with van der Waals surface area (Å²) in [5.74, 6) is 1.67. The zero-order valence-corrected chi connectivity index (χ0v) is 9.50. The maximum atomic E-state index is 5.54. The van der Waals surface area contributed by atoms with Gasteiger partial charge < -0.3 is 15.8 Å². The number of ether oxygens (including phenoxy) is 1. The van der Waals surface area contributed by atoms with Crippen LogP contribution in [0.5, 0.6) is 5.75 Å². The largest absolute Gasteiger partial charge is 0.497 e. The van der Waals surface area contributed by atoms with E-state index in [2.05, 4.69) is 25.7 Å². The molecule has 0 bridgehead atoms. The molecule has 0 unspecified atom stereocenters. The minimum absolute atomic E-state index is 0.428. The summed E-state index contributed by atoms with van der Waals surface area (Å²) in [6.45, 7) is 7.89. The van der Waals surface area contributed by atoms with E-state index in [1.807, 2.05) is 18.2 Å². The zero-order valence-electron chi connectivity index (χ0n) is 9.50. The second-order valence-corrected chi connectivity index (χ2v) is 3.76. The third-order valence-electron chi connectivity index (χ3n) is 2.18. The van der Waals surface area contributed by atoms with Crippen LogP contribution < -0.4 is 15.8 Å². The van der Waals surface area contributed by atoms with Gasteiger partial charge in [-0.3, -0.25) is 0 Å². The third kappa shape index (κ3) is 2.91. The van der Waals surface area contributed by atoms with E-state index in [9.17, 15) is 0 Å². The highest BCUT2D eigenvalue weighted by molar-refractivity contribution is 5.58. The van der Waals surface area contributed by atoms with Crippen molar-refractivity contribution in [1.82, 2.24) is 0 Å². The van der Waals surface area contributed by atoms with Gasteiger partial charge in [-0.05, 0) is 17.5 Å². The van der Waals surface area contributed by atoms with Crippen LogP contribution in [-0.4, -0.2) is 7.11 Å². The fourth-order valence-electron chi connectivity index (χ4n) is 1.45. The Morgan fingerprint density at radius 3 is 2.60 bits per heavy atom. The normalized spacial score (nSPS) is 10.1. The van der Waals surface area contributed by atoms with E-state index < -0.39 is 0 Å². The Morgan fingerprint density at radius 1 is 1.47 bits per heavy atom. The molecule has 0 saturated heterocycles. The molecule has 82 valence electrons. The molecule has 0 amide bonds. The summed E-state index contributed by atoms with van der Waals surface area (Å²) in [6, 6.07) is 5.90. The van der Waals surface area contributed by atoms with Gasteiger partial charge in [0.15, 0.2) is 0 Å². The van der Waals surface area contributed by atoms with E-state index in [0.717, 1.165) is 11.4 Å². The minimum atomic E-state index is 0.428. The van der Waals surface area contributed by atoms with Crippen LogP contribution in [0.25, 0.3) is 0 Å². The summed E-state index contributed by atoms with van der Waals surface area (Å²) < 4.78 is 5.16. The van der Waals surface area contributed by atoms with Crippen LogP contribution in [0.15, 0.2) is 30.6 Å². The molecule has 0 aromatic heterocycles. The van der Waals surface area contributed by atoms with Crippen LogP contribution in [-0.2, 0) is 0 Å². The molecule has 0 fully saturated rings. The van der Waals surface area contributed by atoms with Crippen molar-refractivity contribution in [3.05, 3.63) is 36.2 Å². The van der Waals surface area contributed by atoms with E-state index in [0.29, 0.717) is 11.7 Å². The molecule has 1 aromatic carbocycles. The van der Waals surface area contributed by atoms with Gasteiger partial charge in [-0.25, -0.2) is 0 Å². The Hall–Kier alpha value is -1.64. The number of anilines is 1. The molecular formula is C12H18N2O. The smallest absolute Gasteiger partial charge is 0.120 e. The minimum Gasteiger partial charge on any atom is -0.497 e. The second-order valence-electron chi connectivity index (χ2n) is 3.76. The van der Waals surface area contributed by atoms with Crippen LogP contribution in [0.2, 0.25) is 0 Å². The third-order valence-corrected chi connectivity index (χ3v) is 2.18. The van der Waals surface area contributed by atoms with Gasteiger partial charge in [-0.15, -0.1) is 0 Å². The number of benzene rings is 1. The SMILES string of the molecule is C=C(N)Nc1cc(OC)ccc1C(C)C. The van der Waals surface area contributed by atoms with E-state index >= 15 is 0 Å². The monoisotopic (exact) mass is 206 g/mol. The molecule has 0 aliphatic rings. The Bertz CT molecular complexity index is 359. The lowest BCUT2D eigenvalue weighted by Crippen LogP contribution is -2.09. The molecule has 1 rings (SSSR count). The lowest BCUT2D eigenvalue weighted by atomic mass is 10.0. The summed E-state index contributed by atoms with van der Waals surface area (Å²) in [4.78, 5) is 0. The first-order chi connectivity index (χ1) is 7.04. The Balaban J connectivity index is 3.10. The first-order valence-electron chi connectivity index (χ1n) is 4.94. The van der Waals surface area contributed by atoms with Gasteiger partial charge in [0.05, 0.1) is 12.9 Å². The Kier molecular flexibility index (Phi) is 3.61. The van der Waals surface area contributed by atoms with Gasteiger partial charge in [0.25, 0.3) is 0 Å². The number of hydrogen-bond donors (Lipinski definition) is 2. The molecule has 3 N–H and O–H groups in total. The second kappa shape index (κ2) is 4.73. The molecule has 0 saturated carbocycles. The Morgan fingerprint density at radius 2 is 2.13 bits per heavy atom. The standard InChI is InChI=1S/C12H18N2O/c1-8(2)11-6-5-10(15-4)7-12(11)14-9(3)13/h5-8,14H,3,13H2,1-2,4H3. The number of methoxy groups -OCH3 is 1. The quantitative estimate of drug-likeness (QED) is 0.796. The maximum absolute atomic E-state index is 5.54. The summed E-state index contributed by atoms with van der Waals surface area (Å²) in [6.07, 6.45) is 0. The molecule has 15 heavy (non-hydrogen) atoms. The van der Waals surface area contributed by atoms with Crippen LogP contribution in [0.3, 0.4) is 0 Å². The van der Waals surface area contributed by atoms with Crippen molar-refractivity contribution in [3.8, 4) is 5.75 Å².